The summed E-state index contributed by atoms with van der Waals surface area (Å²) < 4.78 is 1.08. The van der Waals surface area contributed by atoms with Gasteiger partial charge in [-0.3, -0.25) is 0 Å². The van der Waals surface area contributed by atoms with Gasteiger partial charge < -0.3 is 4.85 Å². The standard InChI is InChI=1S/C9H8BrN/c1-7-8(6-11-2)4-3-5-9(7)10/h3-5H,6H2,1H3. The van der Waals surface area contributed by atoms with Crippen molar-refractivity contribution in [2.24, 2.45) is 0 Å². The van der Waals surface area contributed by atoms with Crippen LogP contribution in [0.2, 0.25) is 0 Å². The lowest BCUT2D eigenvalue weighted by Gasteiger charge is -1.99. The molecule has 0 fully saturated rings. The van der Waals surface area contributed by atoms with Crippen LogP contribution in [0.15, 0.2) is 22.7 Å². The molecule has 0 unspecified atom stereocenters. The Bertz CT molecular complexity index is 299. The van der Waals surface area contributed by atoms with Crippen LogP contribution in [-0.4, -0.2) is 0 Å². The third kappa shape index (κ3) is 1.81. The van der Waals surface area contributed by atoms with Crippen molar-refractivity contribution in [1.29, 1.82) is 0 Å². The Morgan fingerprint density at radius 3 is 2.91 bits per heavy atom. The molecular formula is C9H8BrN. The lowest BCUT2D eigenvalue weighted by molar-refractivity contribution is 1.20. The Balaban J connectivity index is 3.08. The zero-order chi connectivity index (χ0) is 8.27. The van der Waals surface area contributed by atoms with Gasteiger partial charge in [-0.15, -0.1) is 0 Å². The Labute approximate surface area is 75.0 Å². The van der Waals surface area contributed by atoms with Crippen LogP contribution in [-0.2, 0) is 6.54 Å². The molecule has 0 saturated carbocycles. The zero-order valence-corrected chi connectivity index (χ0v) is 7.85. The second kappa shape index (κ2) is 3.54. The highest BCUT2D eigenvalue weighted by Gasteiger charge is 2.01. The lowest BCUT2D eigenvalue weighted by atomic mass is 10.1. The van der Waals surface area contributed by atoms with E-state index in [1.807, 2.05) is 25.1 Å². The van der Waals surface area contributed by atoms with Gasteiger partial charge in [0.1, 0.15) is 0 Å². The second-order valence-electron chi connectivity index (χ2n) is 2.34. The minimum absolute atomic E-state index is 0.477. The minimum Gasteiger partial charge on any atom is -0.312 e. The van der Waals surface area contributed by atoms with Crippen molar-refractivity contribution >= 4 is 15.9 Å². The number of benzene rings is 1. The van der Waals surface area contributed by atoms with E-state index in [0.717, 1.165) is 10.0 Å². The van der Waals surface area contributed by atoms with E-state index in [9.17, 15) is 0 Å². The fourth-order valence-corrected chi connectivity index (χ4v) is 1.32. The van der Waals surface area contributed by atoms with E-state index < -0.39 is 0 Å². The molecule has 1 rings (SSSR count). The van der Waals surface area contributed by atoms with Gasteiger partial charge in [0.15, 0.2) is 0 Å². The first-order valence-corrected chi connectivity index (χ1v) is 4.12. The second-order valence-corrected chi connectivity index (χ2v) is 3.19. The number of hydrogen-bond acceptors (Lipinski definition) is 0. The Kier molecular flexibility index (Phi) is 2.67. The van der Waals surface area contributed by atoms with Gasteiger partial charge in [0.2, 0.25) is 6.54 Å². The summed E-state index contributed by atoms with van der Waals surface area (Å²) in [6.45, 7) is 9.21. The normalized spacial score (nSPS) is 9.18. The van der Waals surface area contributed by atoms with E-state index in [1.54, 1.807) is 0 Å². The molecule has 0 aliphatic heterocycles. The summed E-state index contributed by atoms with van der Waals surface area (Å²) in [6, 6.07) is 5.93. The SMILES string of the molecule is [C-]#[N+]Cc1cccc(Br)c1C. The third-order valence-corrected chi connectivity index (χ3v) is 2.49. The first-order chi connectivity index (χ1) is 5.25. The molecule has 0 heterocycles. The summed E-state index contributed by atoms with van der Waals surface area (Å²) in [4.78, 5) is 3.34. The molecule has 1 aromatic rings. The molecular weight excluding hydrogens is 202 g/mol. The topological polar surface area (TPSA) is 4.36 Å². The van der Waals surface area contributed by atoms with E-state index in [1.165, 1.54) is 5.56 Å². The van der Waals surface area contributed by atoms with Crippen molar-refractivity contribution in [3.8, 4) is 0 Å². The maximum Gasteiger partial charge on any atom is 0.240 e. The van der Waals surface area contributed by atoms with Crippen LogP contribution >= 0.6 is 15.9 Å². The van der Waals surface area contributed by atoms with Gasteiger partial charge in [-0.2, -0.15) is 0 Å². The molecule has 1 aromatic carbocycles. The molecule has 0 radical (unpaired) electrons. The quantitative estimate of drug-likeness (QED) is 0.627. The molecule has 0 N–H and O–H groups in total. The van der Waals surface area contributed by atoms with Gasteiger partial charge in [-0.1, -0.05) is 28.1 Å². The number of nitrogens with zero attached hydrogens (tertiary/aromatic N) is 1. The average molecular weight is 210 g/mol. The summed E-state index contributed by atoms with van der Waals surface area (Å²) in [5.41, 5.74) is 2.28. The molecule has 56 valence electrons. The summed E-state index contributed by atoms with van der Waals surface area (Å²) in [5.74, 6) is 0. The molecule has 11 heavy (non-hydrogen) atoms. The monoisotopic (exact) mass is 209 g/mol. The van der Waals surface area contributed by atoms with Crippen LogP contribution in [0.25, 0.3) is 4.85 Å². The molecule has 0 aliphatic rings. The van der Waals surface area contributed by atoms with Crippen LogP contribution in [0, 0.1) is 13.5 Å². The van der Waals surface area contributed by atoms with Gasteiger partial charge in [-0.25, -0.2) is 6.57 Å². The van der Waals surface area contributed by atoms with Crippen molar-refractivity contribution in [3.05, 3.63) is 45.2 Å². The van der Waals surface area contributed by atoms with Crippen molar-refractivity contribution in [2.45, 2.75) is 13.5 Å². The molecule has 0 spiro atoms. The predicted octanol–water partition coefficient (Wildman–Crippen LogP) is 3.18. The van der Waals surface area contributed by atoms with E-state index in [4.69, 9.17) is 6.57 Å². The van der Waals surface area contributed by atoms with Gasteiger partial charge in [0, 0.05) is 10.0 Å². The van der Waals surface area contributed by atoms with Crippen LogP contribution in [0.4, 0.5) is 0 Å². The van der Waals surface area contributed by atoms with Crippen LogP contribution in [0.5, 0.6) is 0 Å². The average Bonchev–Trinajstić information content (AvgIpc) is 1.99. The van der Waals surface area contributed by atoms with E-state index in [-0.39, 0.29) is 0 Å². The molecule has 0 aromatic heterocycles. The molecule has 0 atom stereocenters. The maximum atomic E-state index is 6.72. The Hall–Kier alpha value is -0.810. The van der Waals surface area contributed by atoms with E-state index >= 15 is 0 Å². The summed E-state index contributed by atoms with van der Waals surface area (Å²) in [5, 5.41) is 0. The number of halogens is 1. The fraction of sp³-hybridized carbons (Fsp3) is 0.222. The zero-order valence-electron chi connectivity index (χ0n) is 6.26. The first-order valence-electron chi connectivity index (χ1n) is 3.33. The first kappa shape index (κ1) is 8.29. The predicted molar refractivity (Wildman–Crippen MR) is 49.2 cm³/mol. The van der Waals surface area contributed by atoms with E-state index in [2.05, 4.69) is 20.8 Å². The van der Waals surface area contributed by atoms with Crippen LogP contribution in [0.1, 0.15) is 11.1 Å². The maximum absolute atomic E-state index is 6.72. The minimum atomic E-state index is 0.477. The third-order valence-electron chi connectivity index (χ3n) is 1.63. The Morgan fingerprint density at radius 1 is 1.55 bits per heavy atom. The van der Waals surface area contributed by atoms with Crippen molar-refractivity contribution in [3.63, 3.8) is 0 Å². The van der Waals surface area contributed by atoms with E-state index in [0.29, 0.717) is 6.54 Å². The van der Waals surface area contributed by atoms with Crippen LogP contribution < -0.4 is 0 Å². The van der Waals surface area contributed by atoms with Gasteiger partial charge in [0.25, 0.3) is 0 Å². The highest BCUT2D eigenvalue weighted by Crippen LogP contribution is 2.19. The molecule has 0 bridgehead atoms. The molecule has 1 nitrogen and oxygen atoms in total. The van der Waals surface area contributed by atoms with Gasteiger partial charge >= 0.3 is 0 Å². The fourth-order valence-electron chi connectivity index (χ4n) is 0.909. The lowest BCUT2D eigenvalue weighted by Crippen LogP contribution is -1.85. The summed E-state index contributed by atoms with van der Waals surface area (Å²) in [7, 11) is 0. The van der Waals surface area contributed by atoms with Crippen LogP contribution in [0.3, 0.4) is 0 Å². The molecule has 0 aliphatic carbocycles. The van der Waals surface area contributed by atoms with Crippen molar-refractivity contribution in [1.82, 2.24) is 0 Å². The Morgan fingerprint density at radius 2 is 2.27 bits per heavy atom. The summed E-state index contributed by atoms with van der Waals surface area (Å²) in [6.07, 6.45) is 0. The summed E-state index contributed by atoms with van der Waals surface area (Å²) >= 11 is 3.41. The largest absolute Gasteiger partial charge is 0.312 e. The highest BCUT2D eigenvalue weighted by molar-refractivity contribution is 9.10. The molecule has 0 amide bonds. The number of rotatable bonds is 1. The smallest absolute Gasteiger partial charge is 0.240 e. The van der Waals surface area contributed by atoms with Gasteiger partial charge in [0.05, 0.1) is 0 Å². The van der Waals surface area contributed by atoms with Crippen molar-refractivity contribution in [2.75, 3.05) is 0 Å². The highest BCUT2D eigenvalue weighted by atomic mass is 79.9. The molecule has 0 saturated heterocycles. The van der Waals surface area contributed by atoms with Crippen molar-refractivity contribution < 1.29 is 0 Å². The number of hydrogen-bond donors (Lipinski definition) is 0. The van der Waals surface area contributed by atoms with Gasteiger partial charge in [-0.05, 0) is 18.6 Å². The molecule has 2 heteroatoms.